The van der Waals surface area contributed by atoms with Gasteiger partial charge in [-0.25, -0.2) is 4.98 Å². The Balaban J connectivity index is 1.53. The van der Waals surface area contributed by atoms with Gasteiger partial charge in [0, 0.05) is 24.4 Å². The highest BCUT2D eigenvalue weighted by Gasteiger charge is 2.40. The summed E-state index contributed by atoms with van der Waals surface area (Å²) in [5.74, 6) is -0.406. The van der Waals surface area contributed by atoms with Crippen molar-refractivity contribution in [1.29, 1.82) is 0 Å². The van der Waals surface area contributed by atoms with E-state index >= 15 is 0 Å². The predicted molar refractivity (Wildman–Crippen MR) is 89.0 cm³/mol. The van der Waals surface area contributed by atoms with E-state index in [-0.39, 0.29) is 11.6 Å². The molecular formula is C18H17N5O4. The van der Waals surface area contributed by atoms with E-state index in [0.29, 0.717) is 36.9 Å². The summed E-state index contributed by atoms with van der Waals surface area (Å²) < 4.78 is 5.42. The molecule has 1 aliphatic rings. The van der Waals surface area contributed by atoms with Gasteiger partial charge in [0.05, 0.1) is 12.2 Å². The molecule has 0 aliphatic carbocycles. The summed E-state index contributed by atoms with van der Waals surface area (Å²) in [6.07, 6.45) is 4.71. The Labute approximate surface area is 154 Å². The van der Waals surface area contributed by atoms with E-state index in [1.807, 2.05) is 0 Å². The SMILES string of the molecule is O=C([O-])c1ccc(C[NH+]2C[C@H](O)C[C@H]2c2nc(-c3cnccn3)no2)cc1. The van der Waals surface area contributed by atoms with Crippen molar-refractivity contribution in [2.24, 2.45) is 0 Å². The molecule has 2 N–H and O–H groups in total. The van der Waals surface area contributed by atoms with Crippen LogP contribution >= 0.6 is 0 Å². The molecule has 3 heterocycles. The smallest absolute Gasteiger partial charge is 0.285 e. The molecular weight excluding hydrogens is 350 g/mol. The quantitative estimate of drug-likeness (QED) is 0.574. The van der Waals surface area contributed by atoms with Gasteiger partial charge in [-0.2, -0.15) is 4.98 Å². The Morgan fingerprint density at radius 3 is 2.81 bits per heavy atom. The average molecular weight is 367 g/mol. The minimum absolute atomic E-state index is 0.136. The zero-order chi connectivity index (χ0) is 18.8. The minimum atomic E-state index is -1.20. The summed E-state index contributed by atoms with van der Waals surface area (Å²) in [6.45, 7) is 1.13. The third-order valence-electron chi connectivity index (χ3n) is 4.65. The third kappa shape index (κ3) is 3.69. The van der Waals surface area contributed by atoms with Crippen molar-refractivity contribution < 1.29 is 24.4 Å². The van der Waals surface area contributed by atoms with Crippen LogP contribution in [0.4, 0.5) is 0 Å². The molecule has 0 amide bonds. The zero-order valence-electron chi connectivity index (χ0n) is 14.3. The van der Waals surface area contributed by atoms with Gasteiger partial charge < -0.3 is 24.4 Å². The zero-order valence-corrected chi connectivity index (χ0v) is 14.3. The molecule has 27 heavy (non-hydrogen) atoms. The number of carbonyl (C=O) groups excluding carboxylic acids is 1. The number of benzene rings is 1. The first-order valence-corrected chi connectivity index (χ1v) is 8.53. The van der Waals surface area contributed by atoms with E-state index in [0.717, 1.165) is 10.5 Å². The number of aliphatic hydroxyl groups excluding tert-OH is 1. The highest BCUT2D eigenvalue weighted by Crippen LogP contribution is 2.21. The highest BCUT2D eigenvalue weighted by atomic mass is 16.5. The molecule has 1 fully saturated rings. The second-order valence-corrected chi connectivity index (χ2v) is 6.51. The van der Waals surface area contributed by atoms with Crippen LogP contribution in [0.2, 0.25) is 0 Å². The number of carboxylic acid groups (broad SMARTS) is 1. The summed E-state index contributed by atoms with van der Waals surface area (Å²) >= 11 is 0. The Bertz CT molecular complexity index is 928. The lowest BCUT2D eigenvalue weighted by molar-refractivity contribution is -0.934. The van der Waals surface area contributed by atoms with E-state index in [1.165, 1.54) is 12.1 Å². The fraction of sp³-hybridized carbons (Fsp3) is 0.278. The van der Waals surface area contributed by atoms with Crippen LogP contribution in [0.1, 0.15) is 34.3 Å². The van der Waals surface area contributed by atoms with Gasteiger partial charge in [0.1, 0.15) is 24.9 Å². The Morgan fingerprint density at radius 2 is 2.11 bits per heavy atom. The number of aromatic carboxylic acids is 1. The molecule has 0 bridgehead atoms. The number of rotatable bonds is 5. The van der Waals surface area contributed by atoms with Gasteiger partial charge in [-0.1, -0.05) is 29.4 Å². The van der Waals surface area contributed by atoms with Gasteiger partial charge in [-0.3, -0.25) is 4.98 Å². The monoisotopic (exact) mass is 367 g/mol. The number of quaternary nitrogens is 1. The molecule has 9 heteroatoms. The highest BCUT2D eigenvalue weighted by molar-refractivity contribution is 5.85. The standard InChI is InChI=1S/C18H17N5O4/c24-13-7-15(17-21-16(22-27-17)14-8-19-5-6-20-14)23(10-13)9-11-1-3-12(4-2-11)18(25)26/h1-6,8,13,15,24H,7,9-10H2,(H,25,26)/t13-,15+/m1/s1. The van der Waals surface area contributed by atoms with E-state index in [1.54, 1.807) is 30.7 Å². The summed E-state index contributed by atoms with van der Waals surface area (Å²) in [5.41, 5.74) is 1.60. The molecule has 1 saturated heterocycles. The molecule has 138 valence electrons. The van der Waals surface area contributed by atoms with Gasteiger partial charge in [0.25, 0.3) is 5.89 Å². The third-order valence-corrected chi connectivity index (χ3v) is 4.65. The molecule has 2 aromatic heterocycles. The molecule has 1 aromatic carbocycles. The average Bonchev–Trinajstić information content (AvgIpc) is 3.29. The van der Waals surface area contributed by atoms with Crippen LogP contribution in [-0.2, 0) is 6.54 Å². The maximum atomic E-state index is 10.9. The Kier molecular flexibility index (Phi) is 4.61. The lowest BCUT2D eigenvalue weighted by atomic mass is 10.1. The predicted octanol–water partition coefficient (Wildman–Crippen LogP) is -1.22. The minimum Gasteiger partial charge on any atom is -0.545 e. The van der Waals surface area contributed by atoms with Gasteiger partial charge in [0.2, 0.25) is 5.82 Å². The summed E-state index contributed by atoms with van der Waals surface area (Å²) in [7, 11) is 0. The Morgan fingerprint density at radius 1 is 1.30 bits per heavy atom. The van der Waals surface area contributed by atoms with Crippen LogP contribution < -0.4 is 10.0 Å². The van der Waals surface area contributed by atoms with E-state index in [9.17, 15) is 15.0 Å². The second-order valence-electron chi connectivity index (χ2n) is 6.51. The number of nitrogens with zero attached hydrogens (tertiary/aromatic N) is 4. The molecule has 1 unspecified atom stereocenters. The molecule has 1 aliphatic heterocycles. The molecule has 0 spiro atoms. The maximum Gasteiger partial charge on any atom is 0.285 e. The molecule has 3 atom stereocenters. The van der Waals surface area contributed by atoms with Gasteiger partial charge in [0.15, 0.2) is 6.04 Å². The van der Waals surface area contributed by atoms with E-state index in [2.05, 4.69) is 20.1 Å². The fourth-order valence-corrected chi connectivity index (χ4v) is 3.35. The maximum absolute atomic E-state index is 10.9. The molecule has 4 rings (SSSR count). The molecule has 0 radical (unpaired) electrons. The van der Waals surface area contributed by atoms with Crippen LogP contribution in [0.25, 0.3) is 11.5 Å². The topological polar surface area (TPSA) is 130 Å². The Hall–Kier alpha value is -3.17. The van der Waals surface area contributed by atoms with E-state index in [4.69, 9.17) is 4.52 Å². The number of aromatic nitrogens is 4. The summed E-state index contributed by atoms with van der Waals surface area (Å²) in [5, 5.41) is 25.0. The van der Waals surface area contributed by atoms with Crippen molar-refractivity contribution in [3.8, 4) is 11.5 Å². The van der Waals surface area contributed by atoms with Crippen molar-refractivity contribution in [1.82, 2.24) is 20.1 Å². The first-order chi connectivity index (χ1) is 13.1. The number of carbonyl (C=O) groups is 1. The number of aliphatic hydroxyl groups is 1. The lowest BCUT2D eigenvalue weighted by Gasteiger charge is -2.18. The van der Waals surface area contributed by atoms with Crippen LogP contribution in [0.15, 0.2) is 47.4 Å². The van der Waals surface area contributed by atoms with E-state index < -0.39 is 12.1 Å². The number of carboxylic acids is 1. The van der Waals surface area contributed by atoms with Crippen molar-refractivity contribution in [3.63, 3.8) is 0 Å². The van der Waals surface area contributed by atoms with Crippen LogP contribution in [0.3, 0.4) is 0 Å². The van der Waals surface area contributed by atoms with Crippen molar-refractivity contribution in [2.45, 2.75) is 25.1 Å². The van der Waals surface area contributed by atoms with Gasteiger partial charge in [-0.15, -0.1) is 0 Å². The fourth-order valence-electron chi connectivity index (χ4n) is 3.35. The van der Waals surface area contributed by atoms with Crippen molar-refractivity contribution in [2.75, 3.05) is 6.54 Å². The lowest BCUT2D eigenvalue weighted by Crippen LogP contribution is -3.09. The number of hydrogen-bond donors (Lipinski definition) is 2. The number of nitrogens with one attached hydrogen (secondary N) is 1. The first kappa shape index (κ1) is 17.3. The number of likely N-dealkylation sites (tertiary alicyclic amines) is 1. The second kappa shape index (κ2) is 7.22. The normalized spacial score (nSPS) is 22.0. The van der Waals surface area contributed by atoms with Crippen LogP contribution in [0.5, 0.6) is 0 Å². The summed E-state index contributed by atoms with van der Waals surface area (Å²) in [4.78, 5) is 24.5. The van der Waals surface area contributed by atoms with Crippen LogP contribution in [-0.4, -0.2) is 43.8 Å². The van der Waals surface area contributed by atoms with Crippen molar-refractivity contribution >= 4 is 5.97 Å². The first-order valence-electron chi connectivity index (χ1n) is 8.53. The van der Waals surface area contributed by atoms with Crippen LogP contribution in [0, 0.1) is 0 Å². The van der Waals surface area contributed by atoms with Crippen molar-refractivity contribution in [3.05, 3.63) is 59.9 Å². The number of hydrogen-bond acceptors (Lipinski definition) is 8. The molecule has 3 aromatic rings. The largest absolute Gasteiger partial charge is 0.545 e. The summed E-state index contributed by atoms with van der Waals surface area (Å²) in [6, 6.07) is 6.38. The van der Waals surface area contributed by atoms with Gasteiger partial charge in [-0.05, 0) is 5.56 Å². The van der Waals surface area contributed by atoms with Gasteiger partial charge >= 0.3 is 0 Å². The molecule has 0 saturated carbocycles. The molecule has 9 nitrogen and oxygen atoms in total.